The van der Waals surface area contributed by atoms with E-state index in [1.54, 1.807) is 17.1 Å². The molecule has 1 saturated heterocycles. The Balaban J connectivity index is 1.42. The van der Waals surface area contributed by atoms with Crippen molar-refractivity contribution < 1.29 is 9.72 Å². The fourth-order valence-corrected chi connectivity index (χ4v) is 4.49. The molecule has 3 unspecified atom stereocenters. The van der Waals surface area contributed by atoms with E-state index in [0.717, 1.165) is 22.3 Å². The van der Waals surface area contributed by atoms with Crippen molar-refractivity contribution in [3.63, 3.8) is 0 Å². The second kappa shape index (κ2) is 7.94. The SMILES string of the molecule is CC1NN2C(=O)C=C(c3ccc([N+](=O)[O-])cc3)NC2C1c1ccc(-c2ccccc2)cc1. The van der Waals surface area contributed by atoms with Crippen LogP contribution in [0.5, 0.6) is 0 Å². The number of hydrogen-bond acceptors (Lipinski definition) is 5. The van der Waals surface area contributed by atoms with E-state index in [1.807, 2.05) is 18.2 Å². The van der Waals surface area contributed by atoms with Crippen molar-refractivity contribution in [2.45, 2.75) is 25.0 Å². The van der Waals surface area contributed by atoms with Crippen LogP contribution in [0, 0.1) is 10.1 Å². The molecule has 160 valence electrons. The number of nitrogens with zero attached hydrogens (tertiary/aromatic N) is 2. The maximum Gasteiger partial charge on any atom is 0.269 e. The summed E-state index contributed by atoms with van der Waals surface area (Å²) in [6, 6.07) is 24.9. The van der Waals surface area contributed by atoms with Crippen molar-refractivity contribution in [2.24, 2.45) is 0 Å². The summed E-state index contributed by atoms with van der Waals surface area (Å²) < 4.78 is 0. The Morgan fingerprint density at radius 1 is 0.875 bits per heavy atom. The molecule has 7 nitrogen and oxygen atoms in total. The van der Waals surface area contributed by atoms with Crippen LogP contribution in [0.15, 0.2) is 84.9 Å². The minimum atomic E-state index is -0.433. The molecule has 3 aromatic carbocycles. The molecule has 3 aromatic rings. The van der Waals surface area contributed by atoms with Crippen molar-refractivity contribution >= 4 is 17.3 Å². The monoisotopic (exact) mass is 426 g/mol. The van der Waals surface area contributed by atoms with Gasteiger partial charge in [-0.3, -0.25) is 19.9 Å². The minimum Gasteiger partial charge on any atom is -0.363 e. The van der Waals surface area contributed by atoms with Crippen LogP contribution in [0.4, 0.5) is 5.69 Å². The van der Waals surface area contributed by atoms with Gasteiger partial charge in [0.1, 0.15) is 6.17 Å². The predicted molar refractivity (Wildman–Crippen MR) is 122 cm³/mol. The Morgan fingerprint density at radius 3 is 2.16 bits per heavy atom. The molecule has 2 aliphatic heterocycles. The summed E-state index contributed by atoms with van der Waals surface area (Å²) >= 11 is 0. The van der Waals surface area contributed by atoms with E-state index in [-0.39, 0.29) is 29.7 Å². The normalized spacial score (nSPS) is 22.2. The third-order valence-electron chi connectivity index (χ3n) is 6.10. The van der Waals surface area contributed by atoms with E-state index in [2.05, 4.69) is 54.1 Å². The Labute approximate surface area is 185 Å². The molecule has 5 rings (SSSR count). The van der Waals surface area contributed by atoms with Gasteiger partial charge in [0.2, 0.25) is 0 Å². The first kappa shape index (κ1) is 20.0. The van der Waals surface area contributed by atoms with E-state index < -0.39 is 4.92 Å². The van der Waals surface area contributed by atoms with Gasteiger partial charge in [-0.2, -0.15) is 0 Å². The lowest BCUT2D eigenvalue weighted by Crippen LogP contribution is -2.52. The van der Waals surface area contributed by atoms with Crippen molar-refractivity contribution in [1.29, 1.82) is 0 Å². The van der Waals surface area contributed by atoms with Gasteiger partial charge in [-0.25, -0.2) is 5.43 Å². The molecule has 0 saturated carbocycles. The number of nitrogens with one attached hydrogen (secondary N) is 2. The third-order valence-corrected chi connectivity index (χ3v) is 6.10. The van der Waals surface area contributed by atoms with Crippen LogP contribution in [0.1, 0.15) is 24.0 Å². The first-order valence-corrected chi connectivity index (χ1v) is 10.5. The first-order chi connectivity index (χ1) is 15.5. The molecule has 32 heavy (non-hydrogen) atoms. The second-order valence-corrected chi connectivity index (χ2v) is 8.09. The average Bonchev–Trinajstić information content (AvgIpc) is 3.16. The van der Waals surface area contributed by atoms with Gasteiger partial charge in [0.05, 0.1) is 4.92 Å². The van der Waals surface area contributed by atoms with Gasteiger partial charge in [-0.1, -0.05) is 54.6 Å². The lowest BCUT2D eigenvalue weighted by Gasteiger charge is -2.33. The summed E-state index contributed by atoms with van der Waals surface area (Å²) in [7, 11) is 0. The Hall–Kier alpha value is -3.97. The zero-order chi connectivity index (χ0) is 22.2. The number of nitro groups is 1. The number of hydrogen-bond donors (Lipinski definition) is 2. The number of non-ortho nitro benzene ring substituents is 1. The molecular weight excluding hydrogens is 404 g/mol. The van der Waals surface area contributed by atoms with Crippen molar-refractivity contribution in [3.8, 4) is 11.1 Å². The number of rotatable bonds is 4. The number of nitro benzene ring substituents is 1. The summed E-state index contributed by atoms with van der Waals surface area (Å²) in [6.07, 6.45) is 1.26. The largest absolute Gasteiger partial charge is 0.363 e. The standard InChI is InChI=1S/C25H22N4O3/c1-16-24(20-9-7-18(8-10-20)17-5-3-2-4-6-17)25-26-22(15-23(30)28(25)27-16)19-11-13-21(14-12-19)29(31)32/h2-16,24-27H,1H3. The van der Waals surface area contributed by atoms with Gasteiger partial charge in [-0.05, 0) is 41.3 Å². The lowest BCUT2D eigenvalue weighted by atomic mass is 9.89. The highest BCUT2D eigenvalue weighted by Crippen LogP contribution is 2.35. The molecule has 1 amide bonds. The number of benzene rings is 3. The minimum absolute atomic E-state index is 0.0191. The second-order valence-electron chi connectivity index (χ2n) is 8.09. The van der Waals surface area contributed by atoms with Crippen LogP contribution in [0.2, 0.25) is 0 Å². The molecule has 2 heterocycles. The average molecular weight is 426 g/mol. The first-order valence-electron chi connectivity index (χ1n) is 10.5. The maximum absolute atomic E-state index is 12.8. The molecule has 0 radical (unpaired) electrons. The molecule has 0 aliphatic carbocycles. The van der Waals surface area contributed by atoms with E-state index in [0.29, 0.717) is 5.70 Å². The number of amides is 1. The fraction of sp³-hybridized carbons (Fsp3) is 0.160. The topological polar surface area (TPSA) is 87.5 Å². The summed E-state index contributed by atoms with van der Waals surface area (Å²) in [5, 5.41) is 16.1. The molecule has 2 aliphatic rings. The van der Waals surface area contributed by atoms with Crippen LogP contribution in [-0.4, -0.2) is 28.0 Å². The van der Waals surface area contributed by atoms with Crippen LogP contribution >= 0.6 is 0 Å². The smallest absolute Gasteiger partial charge is 0.269 e. The number of hydrazine groups is 1. The van der Waals surface area contributed by atoms with E-state index in [1.165, 1.54) is 18.2 Å². The maximum atomic E-state index is 12.8. The van der Waals surface area contributed by atoms with Gasteiger partial charge in [0.25, 0.3) is 11.6 Å². The Kier molecular flexibility index (Phi) is 4.95. The zero-order valence-electron chi connectivity index (χ0n) is 17.4. The number of carbonyl (C=O) groups excluding carboxylic acids is 1. The molecule has 3 atom stereocenters. The van der Waals surface area contributed by atoms with Crippen LogP contribution in [0.25, 0.3) is 16.8 Å². The summed E-state index contributed by atoms with van der Waals surface area (Å²) in [5.41, 5.74) is 8.13. The van der Waals surface area contributed by atoms with Crippen LogP contribution < -0.4 is 10.7 Å². The van der Waals surface area contributed by atoms with E-state index >= 15 is 0 Å². The van der Waals surface area contributed by atoms with Gasteiger partial charge in [-0.15, -0.1) is 0 Å². The molecule has 0 bridgehead atoms. The lowest BCUT2D eigenvalue weighted by molar-refractivity contribution is -0.384. The highest BCUT2D eigenvalue weighted by molar-refractivity contribution is 5.97. The predicted octanol–water partition coefficient (Wildman–Crippen LogP) is 4.05. The molecule has 0 aromatic heterocycles. The zero-order valence-corrected chi connectivity index (χ0v) is 17.4. The van der Waals surface area contributed by atoms with Gasteiger partial charge in [0, 0.05) is 35.9 Å². The van der Waals surface area contributed by atoms with Crippen molar-refractivity contribution in [3.05, 3.63) is 106 Å². The quantitative estimate of drug-likeness (QED) is 0.485. The van der Waals surface area contributed by atoms with Gasteiger partial charge < -0.3 is 5.32 Å². The molecular formula is C25H22N4O3. The number of carbonyl (C=O) groups is 1. The molecule has 1 fully saturated rings. The third kappa shape index (κ3) is 3.52. The van der Waals surface area contributed by atoms with E-state index in [4.69, 9.17) is 0 Å². The Bertz CT molecular complexity index is 1190. The van der Waals surface area contributed by atoms with Gasteiger partial charge in [0.15, 0.2) is 0 Å². The summed E-state index contributed by atoms with van der Waals surface area (Å²) in [4.78, 5) is 23.3. The molecule has 0 spiro atoms. The Morgan fingerprint density at radius 2 is 1.50 bits per heavy atom. The summed E-state index contributed by atoms with van der Waals surface area (Å²) in [6.45, 7) is 2.06. The highest BCUT2D eigenvalue weighted by atomic mass is 16.6. The van der Waals surface area contributed by atoms with E-state index in [9.17, 15) is 14.9 Å². The highest BCUT2D eigenvalue weighted by Gasteiger charge is 2.44. The van der Waals surface area contributed by atoms with Crippen molar-refractivity contribution in [2.75, 3.05) is 0 Å². The summed E-state index contributed by atoms with van der Waals surface area (Å²) in [5.74, 6) is -0.108. The van der Waals surface area contributed by atoms with Gasteiger partial charge >= 0.3 is 0 Å². The molecule has 2 N–H and O–H groups in total. The van der Waals surface area contributed by atoms with Crippen LogP contribution in [0.3, 0.4) is 0 Å². The number of fused-ring (bicyclic) bond motifs is 1. The van der Waals surface area contributed by atoms with Crippen LogP contribution in [-0.2, 0) is 4.79 Å². The fourth-order valence-electron chi connectivity index (χ4n) is 4.49. The van der Waals surface area contributed by atoms with Crippen molar-refractivity contribution in [1.82, 2.24) is 15.8 Å². The molecule has 7 heteroatoms.